The summed E-state index contributed by atoms with van der Waals surface area (Å²) in [7, 11) is 0. The van der Waals surface area contributed by atoms with Crippen LogP contribution in [0.15, 0.2) is 0 Å². The van der Waals surface area contributed by atoms with Gasteiger partial charge in [-0.15, -0.1) is 0 Å². The zero-order valence-electron chi connectivity index (χ0n) is 9.32. The van der Waals surface area contributed by atoms with Crippen LogP contribution in [0.25, 0.3) is 0 Å². The zero-order valence-corrected chi connectivity index (χ0v) is 9.32. The predicted molar refractivity (Wildman–Crippen MR) is 50.3 cm³/mol. The monoisotopic (exact) mass is 286 g/mol. The molecule has 0 spiro atoms. The molecule has 8 heteroatoms. The lowest BCUT2D eigenvalue weighted by Crippen LogP contribution is -2.42. The van der Waals surface area contributed by atoms with Gasteiger partial charge in [0, 0.05) is 0 Å². The molecule has 18 heavy (non-hydrogen) atoms. The van der Waals surface area contributed by atoms with Gasteiger partial charge in [0.15, 0.2) is 24.7 Å². The van der Waals surface area contributed by atoms with Crippen LogP contribution >= 0.6 is 0 Å². The molecule has 0 bridgehead atoms. The van der Waals surface area contributed by atoms with Crippen molar-refractivity contribution in [3.63, 3.8) is 0 Å². The molecule has 0 aliphatic carbocycles. The van der Waals surface area contributed by atoms with Gasteiger partial charge in [-0.25, -0.2) is 30.7 Å². The van der Waals surface area contributed by atoms with Gasteiger partial charge in [-0.1, -0.05) is 0 Å². The van der Waals surface area contributed by atoms with Gasteiger partial charge in [-0.3, -0.25) is 4.39 Å². The average molecular weight is 286 g/mol. The topological polar surface area (TPSA) is 0 Å². The molecule has 0 saturated carbocycles. The van der Waals surface area contributed by atoms with E-state index in [1.54, 1.807) is 0 Å². The predicted octanol–water partition coefficient (Wildman–Crippen LogP) is 4.08. The molecule has 0 radical (unpaired) electrons. The lowest BCUT2D eigenvalue weighted by molar-refractivity contribution is -0.0519. The third kappa shape index (κ3) is 5.39. The number of hydrogen-bond acceptors (Lipinski definition) is 0. The summed E-state index contributed by atoms with van der Waals surface area (Å²) in [4.78, 5) is 0. The minimum atomic E-state index is -3.81. The van der Waals surface area contributed by atoms with E-state index in [9.17, 15) is 35.1 Å². The van der Waals surface area contributed by atoms with Gasteiger partial charge in [0.05, 0.1) is 6.67 Å². The molecule has 0 amide bonds. The van der Waals surface area contributed by atoms with E-state index in [0.717, 1.165) is 0 Å². The standard InChI is InChI=1S/C10H14F8/c11-4-2-1-3-5(12)6(13)7(14)8(15)9(16)10(17)18/h5-10H,1-4H2. The van der Waals surface area contributed by atoms with E-state index in [1.165, 1.54) is 0 Å². The minimum Gasteiger partial charge on any atom is -0.251 e. The van der Waals surface area contributed by atoms with Crippen molar-refractivity contribution >= 4 is 0 Å². The molecular formula is C10H14F8. The molecule has 0 rings (SSSR count). The van der Waals surface area contributed by atoms with Gasteiger partial charge in [0.25, 0.3) is 6.43 Å². The largest absolute Gasteiger partial charge is 0.272 e. The number of hydrogen-bond donors (Lipinski definition) is 0. The second kappa shape index (κ2) is 8.53. The molecule has 0 aromatic rings. The Hall–Kier alpha value is -0.560. The SMILES string of the molecule is FCCCCC(F)C(F)C(F)C(F)C(F)C(F)F. The Morgan fingerprint density at radius 3 is 1.56 bits per heavy atom. The maximum atomic E-state index is 13.0. The molecule has 5 atom stereocenters. The molecule has 0 aromatic carbocycles. The van der Waals surface area contributed by atoms with E-state index in [0.29, 0.717) is 0 Å². The number of rotatable bonds is 9. The normalized spacial score (nSPS) is 20.5. The Morgan fingerprint density at radius 2 is 1.11 bits per heavy atom. The van der Waals surface area contributed by atoms with E-state index in [1.807, 2.05) is 0 Å². The first-order valence-corrected chi connectivity index (χ1v) is 5.37. The first-order chi connectivity index (χ1) is 8.32. The molecule has 0 aromatic heterocycles. The highest BCUT2D eigenvalue weighted by Gasteiger charge is 2.43. The van der Waals surface area contributed by atoms with E-state index in [-0.39, 0.29) is 12.8 Å². The second-order valence-electron chi connectivity index (χ2n) is 3.81. The maximum Gasteiger partial charge on any atom is 0.272 e. The number of alkyl halides is 8. The van der Waals surface area contributed by atoms with Crippen LogP contribution < -0.4 is 0 Å². The summed E-state index contributed by atoms with van der Waals surface area (Å²) in [6.07, 6.45) is -20.3. The lowest BCUT2D eigenvalue weighted by Gasteiger charge is -2.22. The smallest absolute Gasteiger partial charge is 0.251 e. The maximum absolute atomic E-state index is 13.0. The van der Waals surface area contributed by atoms with Crippen LogP contribution in [0.1, 0.15) is 19.3 Å². The van der Waals surface area contributed by atoms with E-state index >= 15 is 0 Å². The molecule has 0 nitrogen and oxygen atoms in total. The first kappa shape index (κ1) is 17.4. The highest BCUT2D eigenvalue weighted by Crippen LogP contribution is 2.26. The average Bonchev–Trinajstić information content (AvgIpc) is 2.35. The van der Waals surface area contributed by atoms with Gasteiger partial charge in [0.1, 0.15) is 6.17 Å². The Balaban J connectivity index is 4.26. The fraction of sp³-hybridized carbons (Fsp3) is 1.00. The second-order valence-corrected chi connectivity index (χ2v) is 3.81. The van der Waals surface area contributed by atoms with Crippen molar-refractivity contribution in [1.29, 1.82) is 0 Å². The van der Waals surface area contributed by atoms with E-state index in [4.69, 9.17) is 0 Å². The van der Waals surface area contributed by atoms with Crippen LogP contribution in [-0.4, -0.2) is 44.0 Å². The van der Waals surface area contributed by atoms with Crippen LogP contribution in [0.5, 0.6) is 0 Å². The molecular weight excluding hydrogens is 272 g/mol. The Labute approximate surface area is 99.3 Å². The summed E-state index contributed by atoms with van der Waals surface area (Å²) in [6, 6.07) is 0. The zero-order chi connectivity index (χ0) is 14.3. The number of halogens is 8. The lowest BCUT2D eigenvalue weighted by atomic mass is 10.0. The molecule has 0 saturated heterocycles. The summed E-state index contributed by atoms with van der Waals surface area (Å²) in [5, 5.41) is 0. The van der Waals surface area contributed by atoms with E-state index in [2.05, 4.69) is 0 Å². The van der Waals surface area contributed by atoms with Crippen LogP contribution in [0.4, 0.5) is 35.1 Å². The van der Waals surface area contributed by atoms with Crippen molar-refractivity contribution in [3.05, 3.63) is 0 Å². The van der Waals surface area contributed by atoms with Crippen molar-refractivity contribution < 1.29 is 35.1 Å². The third-order valence-electron chi connectivity index (χ3n) is 2.36. The third-order valence-corrected chi connectivity index (χ3v) is 2.36. The van der Waals surface area contributed by atoms with Crippen LogP contribution in [0, 0.1) is 0 Å². The summed E-state index contributed by atoms with van der Waals surface area (Å²) < 4.78 is 99.1. The number of unbranched alkanes of at least 4 members (excludes halogenated alkanes) is 1. The molecule has 0 fully saturated rings. The molecule has 110 valence electrons. The first-order valence-electron chi connectivity index (χ1n) is 5.37. The minimum absolute atomic E-state index is 0.0775. The molecule has 0 heterocycles. The van der Waals surface area contributed by atoms with Crippen molar-refractivity contribution in [1.82, 2.24) is 0 Å². The molecule has 0 N–H and O–H groups in total. The van der Waals surface area contributed by atoms with Gasteiger partial charge in [-0.2, -0.15) is 0 Å². The van der Waals surface area contributed by atoms with Gasteiger partial charge in [0.2, 0.25) is 0 Å². The Kier molecular flexibility index (Phi) is 8.26. The van der Waals surface area contributed by atoms with Gasteiger partial charge >= 0.3 is 0 Å². The fourth-order valence-corrected chi connectivity index (χ4v) is 1.28. The highest BCUT2D eigenvalue weighted by molar-refractivity contribution is 4.87. The van der Waals surface area contributed by atoms with Crippen LogP contribution in [0.2, 0.25) is 0 Å². The van der Waals surface area contributed by atoms with Gasteiger partial charge < -0.3 is 0 Å². The van der Waals surface area contributed by atoms with E-state index < -0.39 is 50.4 Å². The molecule has 0 aliphatic rings. The summed E-state index contributed by atoms with van der Waals surface area (Å²) in [6.45, 7) is -0.771. The Morgan fingerprint density at radius 1 is 0.611 bits per heavy atom. The highest BCUT2D eigenvalue weighted by atomic mass is 19.3. The molecule has 5 unspecified atom stereocenters. The quantitative estimate of drug-likeness (QED) is 0.442. The van der Waals surface area contributed by atoms with Crippen molar-refractivity contribution in [2.75, 3.05) is 6.67 Å². The summed E-state index contributed by atoms with van der Waals surface area (Å²) in [5.41, 5.74) is 0. The van der Waals surface area contributed by atoms with Gasteiger partial charge in [-0.05, 0) is 19.3 Å². The van der Waals surface area contributed by atoms with Crippen LogP contribution in [-0.2, 0) is 0 Å². The molecule has 0 aliphatic heterocycles. The van der Waals surface area contributed by atoms with Crippen LogP contribution in [0.3, 0.4) is 0 Å². The van der Waals surface area contributed by atoms with Crippen molar-refractivity contribution in [2.24, 2.45) is 0 Å². The van der Waals surface area contributed by atoms with Crippen molar-refractivity contribution in [2.45, 2.75) is 56.5 Å². The summed E-state index contributed by atoms with van der Waals surface area (Å²) in [5.74, 6) is 0. The summed E-state index contributed by atoms with van der Waals surface area (Å²) >= 11 is 0. The fourth-order valence-electron chi connectivity index (χ4n) is 1.28. The van der Waals surface area contributed by atoms with Crippen molar-refractivity contribution in [3.8, 4) is 0 Å². The Bertz CT molecular complexity index is 212.